The first-order valence-corrected chi connectivity index (χ1v) is 2.88. The Morgan fingerprint density at radius 3 is 3.00 bits per heavy atom. The number of aliphatic imine (C=N–C) groups is 1. The summed E-state index contributed by atoms with van der Waals surface area (Å²) >= 11 is 0. The number of rotatable bonds is 1. The second kappa shape index (κ2) is 2.51. The monoisotopic (exact) mass is 140 g/mol. The Bertz CT molecular complexity index is 208. The summed E-state index contributed by atoms with van der Waals surface area (Å²) in [5.41, 5.74) is 0.0914. The molecule has 0 atom stereocenters. The Morgan fingerprint density at radius 1 is 1.90 bits per heavy atom. The minimum absolute atomic E-state index is 0.0914. The van der Waals surface area contributed by atoms with Crippen LogP contribution in [-0.2, 0) is 4.79 Å². The largest absolute Gasteiger partial charge is 0.476 e. The summed E-state index contributed by atoms with van der Waals surface area (Å²) in [5.74, 6) is -0.984. The minimum atomic E-state index is -0.984. The van der Waals surface area contributed by atoms with Crippen molar-refractivity contribution in [1.29, 1.82) is 0 Å². The maximum absolute atomic E-state index is 10.3. The van der Waals surface area contributed by atoms with Gasteiger partial charge in [0.05, 0.1) is 6.54 Å². The zero-order chi connectivity index (χ0) is 7.56. The molecule has 54 valence electrons. The smallest absolute Gasteiger partial charge is 0.355 e. The van der Waals surface area contributed by atoms with Crippen LogP contribution in [0.1, 0.15) is 0 Å². The van der Waals surface area contributed by atoms with Crippen LogP contribution in [0.3, 0.4) is 0 Å². The summed E-state index contributed by atoms with van der Waals surface area (Å²) in [6.07, 6.45) is 3.08. The SMILES string of the molecule is CN1C=C(C(=O)O)N=CC1. The van der Waals surface area contributed by atoms with Gasteiger partial charge in [0, 0.05) is 19.5 Å². The summed E-state index contributed by atoms with van der Waals surface area (Å²) in [7, 11) is 1.80. The predicted molar refractivity (Wildman–Crippen MR) is 36.8 cm³/mol. The molecular formula is C6H8N2O2. The molecule has 0 bridgehead atoms. The molecule has 0 aromatic heterocycles. The molecule has 1 N–H and O–H groups in total. The molecule has 1 rings (SSSR count). The first kappa shape index (κ1) is 6.80. The van der Waals surface area contributed by atoms with E-state index < -0.39 is 5.97 Å². The van der Waals surface area contributed by atoms with Crippen molar-refractivity contribution in [1.82, 2.24) is 4.90 Å². The molecule has 1 aliphatic heterocycles. The first-order chi connectivity index (χ1) is 4.70. The predicted octanol–water partition coefficient (Wildman–Crippen LogP) is -0.0714. The topological polar surface area (TPSA) is 52.9 Å². The van der Waals surface area contributed by atoms with E-state index in [1.54, 1.807) is 18.2 Å². The summed E-state index contributed by atoms with van der Waals surface area (Å²) in [5, 5.41) is 8.45. The van der Waals surface area contributed by atoms with Crippen LogP contribution in [0.5, 0.6) is 0 Å². The van der Waals surface area contributed by atoms with Crippen LogP contribution in [0.2, 0.25) is 0 Å². The number of hydrogen-bond donors (Lipinski definition) is 1. The van der Waals surface area contributed by atoms with Crippen LogP contribution in [0.15, 0.2) is 16.9 Å². The van der Waals surface area contributed by atoms with Crippen LogP contribution in [-0.4, -0.2) is 35.8 Å². The molecule has 4 nitrogen and oxygen atoms in total. The lowest BCUT2D eigenvalue weighted by atomic mass is 10.4. The lowest BCUT2D eigenvalue weighted by molar-refractivity contribution is -0.132. The molecule has 4 heteroatoms. The van der Waals surface area contributed by atoms with Gasteiger partial charge in [-0.2, -0.15) is 0 Å². The van der Waals surface area contributed by atoms with Crippen molar-refractivity contribution in [3.63, 3.8) is 0 Å². The highest BCUT2D eigenvalue weighted by Crippen LogP contribution is 2.01. The fourth-order valence-corrected chi connectivity index (χ4v) is 0.673. The van der Waals surface area contributed by atoms with Crippen molar-refractivity contribution >= 4 is 12.2 Å². The number of carboxylic acids is 1. The van der Waals surface area contributed by atoms with Gasteiger partial charge < -0.3 is 10.0 Å². The van der Waals surface area contributed by atoms with Crippen LogP contribution in [0.25, 0.3) is 0 Å². The third-order valence-corrected chi connectivity index (χ3v) is 1.16. The van der Waals surface area contributed by atoms with E-state index >= 15 is 0 Å². The maximum atomic E-state index is 10.3. The highest BCUT2D eigenvalue weighted by atomic mass is 16.4. The second-order valence-corrected chi connectivity index (χ2v) is 2.07. The maximum Gasteiger partial charge on any atom is 0.355 e. The normalized spacial score (nSPS) is 16.9. The van der Waals surface area contributed by atoms with Crippen molar-refractivity contribution in [3.8, 4) is 0 Å². The lowest BCUT2D eigenvalue weighted by Gasteiger charge is -2.14. The Labute approximate surface area is 58.5 Å². The van der Waals surface area contributed by atoms with Crippen molar-refractivity contribution in [3.05, 3.63) is 11.9 Å². The van der Waals surface area contributed by atoms with Crippen molar-refractivity contribution < 1.29 is 9.90 Å². The second-order valence-electron chi connectivity index (χ2n) is 2.07. The van der Waals surface area contributed by atoms with E-state index in [1.165, 1.54) is 6.20 Å². The Morgan fingerprint density at radius 2 is 2.60 bits per heavy atom. The average molecular weight is 140 g/mol. The molecule has 0 aliphatic carbocycles. The van der Waals surface area contributed by atoms with Crippen LogP contribution in [0, 0.1) is 0 Å². The quantitative estimate of drug-likeness (QED) is 0.554. The van der Waals surface area contributed by atoms with Gasteiger partial charge in [-0.05, 0) is 0 Å². The number of carbonyl (C=O) groups is 1. The fraction of sp³-hybridized carbons (Fsp3) is 0.333. The Kier molecular flexibility index (Phi) is 1.71. The summed E-state index contributed by atoms with van der Waals surface area (Å²) in [6.45, 7) is 0.677. The van der Waals surface area contributed by atoms with Gasteiger partial charge in [0.2, 0.25) is 0 Å². The lowest BCUT2D eigenvalue weighted by Crippen LogP contribution is -2.19. The standard InChI is InChI=1S/C6H8N2O2/c1-8-3-2-7-5(4-8)6(9)10/h2,4H,3H2,1H3,(H,9,10). The number of nitrogens with zero attached hydrogens (tertiary/aromatic N) is 2. The third kappa shape index (κ3) is 1.34. The molecule has 0 amide bonds. The highest BCUT2D eigenvalue weighted by molar-refractivity contribution is 5.88. The van der Waals surface area contributed by atoms with Gasteiger partial charge in [-0.15, -0.1) is 0 Å². The molecule has 0 radical (unpaired) electrons. The Balaban J connectivity index is 2.76. The first-order valence-electron chi connectivity index (χ1n) is 2.88. The summed E-state index contributed by atoms with van der Waals surface area (Å²) < 4.78 is 0. The molecule has 10 heavy (non-hydrogen) atoms. The van der Waals surface area contributed by atoms with Crippen molar-refractivity contribution in [2.75, 3.05) is 13.6 Å². The van der Waals surface area contributed by atoms with E-state index in [9.17, 15) is 4.79 Å². The zero-order valence-corrected chi connectivity index (χ0v) is 5.61. The molecular weight excluding hydrogens is 132 g/mol. The van der Waals surface area contributed by atoms with Gasteiger partial charge in [-0.25, -0.2) is 4.79 Å². The average Bonchev–Trinajstić information content (AvgIpc) is 1.88. The Hall–Kier alpha value is -1.32. The zero-order valence-electron chi connectivity index (χ0n) is 5.61. The van der Waals surface area contributed by atoms with Gasteiger partial charge in [0.1, 0.15) is 0 Å². The van der Waals surface area contributed by atoms with Gasteiger partial charge >= 0.3 is 5.97 Å². The molecule has 0 aromatic rings. The number of aliphatic carboxylic acids is 1. The molecule has 0 unspecified atom stereocenters. The van der Waals surface area contributed by atoms with Crippen molar-refractivity contribution in [2.24, 2.45) is 4.99 Å². The van der Waals surface area contributed by atoms with Gasteiger partial charge in [0.15, 0.2) is 5.70 Å². The summed E-state index contributed by atoms with van der Waals surface area (Å²) in [4.78, 5) is 15.7. The molecule has 0 saturated carbocycles. The molecule has 0 fully saturated rings. The highest BCUT2D eigenvalue weighted by Gasteiger charge is 2.08. The van der Waals surface area contributed by atoms with Crippen LogP contribution >= 0.6 is 0 Å². The molecule has 1 heterocycles. The number of carboxylic acid groups (broad SMARTS) is 1. The van der Waals surface area contributed by atoms with Gasteiger partial charge in [-0.1, -0.05) is 0 Å². The van der Waals surface area contributed by atoms with E-state index in [1.807, 2.05) is 0 Å². The number of hydrogen-bond acceptors (Lipinski definition) is 3. The summed E-state index contributed by atoms with van der Waals surface area (Å²) in [6, 6.07) is 0. The molecule has 0 saturated heterocycles. The minimum Gasteiger partial charge on any atom is -0.476 e. The van der Waals surface area contributed by atoms with Crippen LogP contribution < -0.4 is 0 Å². The van der Waals surface area contributed by atoms with E-state index in [0.717, 1.165) is 0 Å². The van der Waals surface area contributed by atoms with Gasteiger partial charge in [0.25, 0.3) is 0 Å². The van der Waals surface area contributed by atoms with E-state index in [2.05, 4.69) is 4.99 Å². The van der Waals surface area contributed by atoms with Crippen molar-refractivity contribution in [2.45, 2.75) is 0 Å². The van der Waals surface area contributed by atoms with E-state index in [4.69, 9.17) is 5.11 Å². The molecule has 0 aromatic carbocycles. The van der Waals surface area contributed by atoms with E-state index in [-0.39, 0.29) is 5.70 Å². The van der Waals surface area contributed by atoms with Gasteiger partial charge in [-0.3, -0.25) is 4.99 Å². The van der Waals surface area contributed by atoms with E-state index in [0.29, 0.717) is 6.54 Å². The fourth-order valence-electron chi connectivity index (χ4n) is 0.673. The third-order valence-electron chi connectivity index (χ3n) is 1.16. The molecule has 0 spiro atoms. The van der Waals surface area contributed by atoms with Crippen LogP contribution in [0.4, 0.5) is 0 Å². The molecule has 1 aliphatic rings.